The third kappa shape index (κ3) is 6.53. The summed E-state index contributed by atoms with van der Waals surface area (Å²) >= 11 is 1.51. The van der Waals surface area contributed by atoms with Gasteiger partial charge in [0.05, 0.1) is 24.8 Å². The fourth-order valence-electron chi connectivity index (χ4n) is 5.85. The smallest absolute Gasteiger partial charge is 0.268 e. The second-order valence-corrected chi connectivity index (χ2v) is 12.2. The largest absolute Gasteiger partial charge is 0.381 e. The van der Waals surface area contributed by atoms with Gasteiger partial charge in [0, 0.05) is 65.8 Å². The Morgan fingerprint density at radius 3 is 2.67 bits per heavy atom. The Morgan fingerprint density at radius 1 is 1.04 bits per heavy atom. The van der Waals surface area contributed by atoms with Crippen LogP contribution < -0.4 is 16.2 Å². The van der Waals surface area contributed by atoms with E-state index < -0.39 is 0 Å². The van der Waals surface area contributed by atoms with E-state index in [0.29, 0.717) is 36.2 Å². The molecule has 0 saturated carbocycles. The number of nitrogens with zero attached hydrogens (tertiary/aromatic N) is 4. The summed E-state index contributed by atoms with van der Waals surface area (Å²) in [5.74, 6) is 7.13. The molecule has 0 aliphatic carbocycles. The Labute approximate surface area is 265 Å². The lowest BCUT2D eigenvalue weighted by atomic mass is 9.96. The summed E-state index contributed by atoms with van der Waals surface area (Å²) in [4.78, 5) is 24.8. The van der Waals surface area contributed by atoms with Gasteiger partial charge >= 0.3 is 0 Å². The monoisotopic (exact) mass is 618 g/mol. The predicted octanol–water partition coefficient (Wildman–Crippen LogP) is 5.30. The third-order valence-electron chi connectivity index (χ3n) is 8.37. The van der Waals surface area contributed by atoms with E-state index >= 15 is 0 Å². The third-order valence-corrected chi connectivity index (χ3v) is 9.37. The second-order valence-electron chi connectivity index (χ2n) is 11.4. The van der Waals surface area contributed by atoms with Crippen LogP contribution >= 0.6 is 11.5 Å². The molecule has 2 saturated heterocycles. The first-order valence-corrected chi connectivity index (χ1v) is 16.1. The number of aryl methyl sites for hydroxylation is 1. The molecule has 2 fully saturated rings. The number of aromatic nitrogens is 4. The summed E-state index contributed by atoms with van der Waals surface area (Å²) in [5.41, 5.74) is 5.70. The van der Waals surface area contributed by atoms with Gasteiger partial charge in [0.2, 0.25) is 5.95 Å². The van der Waals surface area contributed by atoms with Gasteiger partial charge < -0.3 is 20.1 Å². The van der Waals surface area contributed by atoms with E-state index in [4.69, 9.17) is 14.5 Å². The molecule has 1 atom stereocenters. The van der Waals surface area contributed by atoms with Crippen molar-refractivity contribution in [1.29, 1.82) is 0 Å². The number of fused-ring (bicyclic) bond motifs is 1. The average molecular weight is 619 g/mol. The average Bonchev–Trinajstić information content (AvgIpc) is 3.55. The molecule has 45 heavy (non-hydrogen) atoms. The molecule has 0 amide bonds. The Hall–Kier alpha value is -4.40. The van der Waals surface area contributed by atoms with Crippen LogP contribution in [0.2, 0.25) is 0 Å². The fraction of sp³-hybridized carbons (Fsp3) is 0.314. The molecule has 7 rings (SSSR count). The number of hydrogen-bond donors (Lipinski definition) is 2. The van der Waals surface area contributed by atoms with Crippen LogP contribution in [-0.2, 0) is 16.0 Å². The van der Waals surface area contributed by atoms with Crippen molar-refractivity contribution < 1.29 is 9.47 Å². The maximum absolute atomic E-state index is 14.1. The van der Waals surface area contributed by atoms with Crippen LogP contribution in [0.3, 0.4) is 0 Å². The summed E-state index contributed by atoms with van der Waals surface area (Å²) in [7, 11) is 0. The van der Waals surface area contributed by atoms with Crippen LogP contribution in [0.5, 0.6) is 0 Å². The van der Waals surface area contributed by atoms with E-state index in [9.17, 15) is 4.79 Å². The Balaban J connectivity index is 1.25. The highest BCUT2D eigenvalue weighted by molar-refractivity contribution is 7.06. The molecule has 1 unspecified atom stereocenters. The van der Waals surface area contributed by atoms with Gasteiger partial charge in [-0.3, -0.25) is 9.36 Å². The van der Waals surface area contributed by atoms with Gasteiger partial charge in [0.25, 0.3) is 5.56 Å². The zero-order chi connectivity index (χ0) is 30.6. The number of anilines is 2. The predicted molar refractivity (Wildman–Crippen MR) is 176 cm³/mol. The van der Waals surface area contributed by atoms with Crippen molar-refractivity contribution in [2.45, 2.75) is 38.3 Å². The van der Waals surface area contributed by atoms with Crippen molar-refractivity contribution in [3.63, 3.8) is 0 Å². The molecule has 9 nitrogen and oxygen atoms in total. The maximum Gasteiger partial charge on any atom is 0.268 e. The lowest BCUT2D eigenvalue weighted by Gasteiger charge is -2.24. The SMILES string of the molecule is Cc1ccccc1C#Cc1cc2cnc(Nc3ccc(C4CNCCO4)cc3)nc2n(Cc2cnsc2C2CCOCC2)c1=O. The molecule has 2 aliphatic heterocycles. The van der Waals surface area contributed by atoms with Crippen LogP contribution in [0.25, 0.3) is 11.0 Å². The van der Waals surface area contributed by atoms with Crippen molar-refractivity contribution in [3.8, 4) is 11.8 Å². The number of rotatable bonds is 6. The van der Waals surface area contributed by atoms with E-state index in [1.54, 1.807) is 16.8 Å². The van der Waals surface area contributed by atoms with Gasteiger partial charge in [-0.1, -0.05) is 42.2 Å². The number of nitrogens with one attached hydrogen (secondary N) is 2. The Bertz CT molecular complexity index is 1930. The quantitative estimate of drug-likeness (QED) is 0.247. The van der Waals surface area contributed by atoms with Gasteiger partial charge in [-0.05, 0) is 72.6 Å². The number of morpholine rings is 1. The topological polar surface area (TPSA) is 103 Å². The molecule has 0 bridgehead atoms. The van der Waals surface area contributed by atoms with Crippen LogP contribution in [0.4, 0.5) is 11.6 Å². The molecule has 2 aliphatic rings. The zero-order valence-electron chi connectivity index (χ0n) is 25.1. The number of ether oxygens (including phenoxy) is 2. The molecule has 0 spiro atoms. The highest BCUT2D eigenvalue weighted by Crippen LogP contribution is 2.33. The van der Waals surface area contributed by atoms with E-state index in [1.807, 2.05) is 49.5 Å². The first-order chi connectivity index (χ1) is 22.1. The molecule has 3 aromatic heterocycles. The minimum absolute atomic E-state index is 0.0416. The van der Waals surface area contributed by atoms with Gasteiger partial charge in [-0.25, -0.2) is 9.36 Å². The normalized spacial score (nSPS) is 17.1. The molecule has 5 aromatic rings. The highest BCUT2D eigenvalue weighted by Gasteiger charge is 2.22. The molecule has 2 aromatic carbocycles. The van der Waals surface area contributed by atoms with Crippen LogP contribution in [0.15, 0.2) is 71.8 Å². The van der Waals surface area contributed by atoms with Gasteiger partial charge in [0.15, 0.2) is 0 Å². The second kappa shape index (κ2) is 13.3. The lowest BCUT2D eigenvalue weighted by molar-refractivity contribution is 0.0277. The summed E-state index contributed by atoms with van der Waals surface area (Å²) in [6.45, 7) is 6.21. The van der Waals surface area contributed by atoms with Crippen molar-refractivity contribution in [2.24, 2.45) is 0 Å². The van der Waals surface area contributed by atoms with E-state index in [1.165, 1.54) is 16.4 Å². The molecule has 0 radical (unpaired) electrons. The summed E-state index contributed by atoms with van der Waals surface area (Å²) in [5, 5.41) is 7.42. The standard InChI is InChI=1S/C35H34N6O3S/c1-23-4-2-3-5-24(23)6-7-27-18-28-19-37-35(39-30-10-8-25(9-11-30)31-21-36-14-17-44-31)40-33(28)41(34(27)42)22-29-20-38-45-32(29)26-12-15-43-16-13-26/h2-5,8-11,18-20,26,31,36H,12-17,21-22H2,1H3,(H,37,39,40). The molecule has 10 heteroatoms. The van der Waals surface area contributed by atoms with Crippen molar-refractivity contribution in [3.05, 3.63) is 110 Å². The van der Waals surface area contributed by atoms with Gasteiger partial charge in [-0.2, -0.15) is 4.98 Å². The minimum Gasteiger partial charge on any atom is -0.381 e. The van der Waals surface area contributed by atoms with Gasteiger partial charge in [-0.15, -0.1) is 0 Å². The van der Waals surface area contributed by atoms with Gasteiger partial charge in [0.1, 0.15) is 5.65 Å². The molecular weight excluding hydrogens is 584 g/mol. The zero-order valence-corrected chi connectivity index (χ0v) is 25.9. The van der Waals surface area contributed by atoms with Crippen molar-refractivity contribution >= 4 is 34.2 Å². The summed E-state index contributed by atoms with van der Waals surface area (Å²) in [6, 6.07) is 17.8. The van der Waals surface area contributed by atoms with E-state index in [-0.39, 0.29) is 11.7 Å². The fourth-order valence-corrected chi connectivity index (χ4v) is 6.76. The van der Waals surface area contributed by atoms with Crippen molar-refractivity contribution in [1.82, 2.24) is 24.2 Å². The first-order valence-electron chi connectivity index (χ1n) is 15.3. The minimum atomic E-state index is -0.192. The number of pyridine rings is 1. The lowest BCUT2D eigenvalue weighted by Crippen LogP contribution is -2.33. The van der Waals surface area contributed by atoms with E-state index in [2.05, 4.69) is 44.0 Å². The Morgan fingerprint density at radius 2 is 1.87 bits per heavy atom. The van der Waals surface area contributed by atoms with Crippen LogP contribution in [-0.4, -0.2) is 51.8 Å². The van der Waals surface area contributed by atoms with E-state index in [0.717, 1.165) is 72.5 Å². The highest BCUT2D eigenvalue weighted by atomic mass is 32.1. The maximum atomic E-state index is 14.1. The van der Waals surface area contributed by atoms with Crippen LogP contribution in [0.1, 0.15) is 57.6 Å². The summed E-state index contributed by atoms with van der Waals surface area (Å²) in [6.07, 6.45) is 5.57. The molecular formula is C35H34N6O3S. The molecule has 2 N–H and O–H groups in total. The number of hydrogen-bond acceptors (Lipinski definition) is 9. The summed E-state index contributed by atoms with van der Waals surface area (Å²) < 4.78 is 17.7. The molecule has 228 valence electrons. The molecule has 5 heterocycles. The van der Waals surface area contributed by atoms with Crippen LogP contribution in [0, 0.1) is 18.8 Å². The first kappa shape index (κ1) is 29.3. The number of benzene rings is 2. The Kier molecular flexibility index (Phi) is 8.67. The van der Waals surface area contributed by atoms with Crippen molar-refractivity contribution in [2.75, 3.05) is 38.2 Å².